The lowest BCUT2D eigenvalue weighted by Gasteiger charge is -2.07. The predicted octanol–water partition coefficient (Wildman–Crippen LogP) is 3.60. The highest BCUT2D eigenvalue weighted by Crippen LogP contribution is 2.27. The number of furan rings is 1. The summed E-state index contributed by atoms with van der Waals surface area (Å²) in [4.78, 5) is 12.3. The van der Waals surface area contributed by atoms with E-state index in [0.29, 0.717) is 5.16 Å². The molecular weight excluding hydrogens is 348 g/mol. The van der Waals surface area contributed by atoms with Crippen LogP contribution in [0.3, 0.4) is 0 Å². The zero-order chi connectivity index (χ0) is 18.1. The van der Waals surface area contributed by atoms with E-state index in [1.807, 2.05) is 30.7 Å². The number of amides is 1. The Bertz CT molecular complexity index is 960. The molecule has 7 heteroatoms. The second kappa shape index (κ2) is 6.99. The Morgan fingerprint density at radius 3 is 2.92 bits per heavy atom. The Kier molecular flexibility index (Phi) is 4.55. The number of thioether (sulfide) groups is 1. The van der Waals surface area contributed by atoms with Crippen LogP contribution in [0.5, 0.6) is 0 Å². The number of anilines is 1. The first-order valence-electron chi connectivity index (χ1n) is 8.60. The van der Waals surface area contributed by atoms with Crippen molar-refractivity contribution >= 4 is 23.4 Å². The number of rotatable bonds is 5. The normalized spacial score (nSPS) is 13.0. The van der Waals surface area contributed by atoms with E-state index in [2.05, 4.69) is 27.6 Å². The molecule has 3 aromatic rings. The molecule has 0 atom stereocenters. The molecule has 1 aliphatic rings. The standard InChI is InChI=1S/C19H20N4O2S/c1-12-16(8-9-25-12)18-21-22-19(23(18)2)26-11-17(24)20-15-7-6-13-4-3-5-14(13)10-15/h6-10H,3-5,11H2,1-2H3,(H,20,24). The van der Waals surface area contributed by atoms with Gasteiger partial charge in [0.2, 0.25) is 5.91 Å². The van der Waals surface area contributed by atoms with Crippen molar-refractivity contribution in [3.63, 3.8) is 0 Å². The number of nitrogens with zero attached hydrogens (tertiary/aromatic N) is 3. The van der Waals surface area contributed by atoms with Gasteiger partial charge in [-0.2, -0.15) is 0 Å². The predicted molar refractivity (Wildman–Crippen MR) is 101 cm³/mol. The smallest absolute Gasteiger partial charge is 0.234 e. The SMILES string of the molecule is Cc1occc1-c1nnc(SCC(=O)Nc2ccc3c(c2)CCC3)n1C. The van der Waals surface area contributed by atoms with Crippen LogP contribution in [0.4, 0.5) is 5.69 Å². The highest BCUT2D eigenvalue weighted by atomic mass is 32.2. The largest absolute Gasteiger partial charge is 0.469 e. The van der Waals surface area contributed by atoms with Crippen molar-refractivity contribution < 1.29 is 9.21 Å². The van der Waals surface area contributed by atoms with Crippen molar-refractivity contribution in [2.75, 3.05) is 11.1 Å². The van der Waals surface area contributed by atoms with Crippen LogP contribution in [0, 0.1) is 6.92 Å². The van der Waals surface area contributed by atoms with Crippen LogP contribution < -0.4 is 5.32 Å². The second-order valence-electron chi connectivity index (χ2n) is 6.43. The Hall–Kier alpha value is -2.54. The Labute approximate surface area is 156 Å². The molecule has 1 amide bonds. The molecule has 1 N–H and O–H groups in total. The molecule has 0 spiro atoms. The molecule has 1 aromatic carbocycles. The minimum atomic E-state index is -0.0445. The van der Waals surface area contributed by atoms with E-state index in [4.69, 9.17) is 4.42 Å². The lowest BCUT2D eigenvalue weighted by atomic mass is 10.1. The summed E-state index contributed by atoms with van der Waals surface area (Å²) in [7, 11) is 1.89. The van der Waals surface area contributed by atoms with E-state index in [1.165, 1.54) is 29.3 Å². The molecular formula is C19H20N4O2S. The quantitative estimate of drug-likeness (QED) is 0.697. The molecule has 0 bridgehead atoms. The van der Waals surface area contributed by atoms with Crippen molar-refractivity contribution in [1.29, 1.82) is 0 Å². The first-order valence-corrected chi connectivity index (χ1v) is 9.58. The first-order chi connectivity index (χ1) is 12.6. The maximum Gasteiger partial charge on any atom is 0.234 e. The molecule has 4 rings (SSSR count). The molecule has 6 nitrogen and oxygen atoms in total. The third kappa shape index (κ3) is 3.26. The molecule has 1 aliphatic carbocycles. The number of benzene rings is 1. The van der Waals surface area contributed by atoms with Crippen molar-refractivity contribution in [3.05, 3.63) is 47.4 Å². The van der Waals surface area contributed by atoms with Gasteiger partial charge in [-0.25, -0.2) is 0 Å². The fraction of sp³-hybridized carbons (Fsp3) is 0.316. The zero-order valence-electron chi connectivity index (χ0n) is 14.8. The number of nitrogens with one attached hydrogen (secondary N) is 1. The van der Waals surface area contributed by atoms with E-state index < -0.39 is 0 Å². The third-order valence-electron chi connectivity index (χ3n) is 4.65. The Morgan fingerprint density at radius 1 is 1.27 bits per heavy atom. The van der Waals surface area contributed by atoms with Gasteiger partial charge in [-0.3, -0.25) is 4.79 Å². The van der Waals surface area contributed by atoms with Crippen LogP contribution in [-0.4, -0.2) is 26.4 Å². The minimum absolute atomic E-state index is 0.0445. The van der Waals surface area contributed by atoms with Gasteiger partial charge in [0, 0.05) is 12.7 Å². The average molecular weight is 368 g/mol. The van der Waals surface area contributed by atoms with Gasteiger partial charge in [-0.15, -0.1) is 10.2 Å². The van der Waals surface area contributed by atoms with Gasteiger partial charge in [0.1, 0.15) is 5.76 Å². The summed E-state index contributed by atoms with van der Waals surface area (Å²) in [5.41, 5.74) is 4.53. The van der Waals surface area contributed by atoms with Crippen molar-refractivity contribution in [2.24, 2.45) is 7.05 Å². The van der Waals surface area contributed by atoms with Gasteiger partial charge >= 0.3 is 0 Å². The van der Waals surface area contributed by atoms with Crippen LogP contribution in [0.15, 0.2) is 40.1 Å². The molecule has 0 unspecified atom stereocenters. The average Bonchev–Trinajstić information content (AvgIpc) is 3.33. The molecule has 2 heterocycles. The van der Waals surface area contributed by atoms with Crippen LogP contribution in [-0.2, 0) is 24.7 Å². The Morgan fingerprint density at radius 2 is 2.12 bits per heavy atom. The van der Waals surface area contributed by atoms with E-state index >= 15 is 0 Å². The summed E-state index contributed by atoms with van der Waals surface area (Å²) < 4.78 is 7.21. The highest BCUT2D eigenvalue weighted by molar-refractivity contribution is 7.99. The van der Waals surface area contributed by atoms with E-state index in [0.717, 1.165) is 35.7 Å². The van der Waals surface area contributed by atoms with Crippen LogP contribution in [0.25, 0.3) is 11.4 Å². The van der Waals surface area contributed by atoms with E-state index in [-0.39, 0.29) is 11.7 Å². The lowest BCUT2D eigenvalue weighted by molar-refractivity contribution is -0.113. The van der Waals surface area contributed by atoms with Gasteiger partial charge < -0.3 is 14.3 Å². The second-order valence-corrected chi connectivity index (χ2v) is 7.37. The molecule has 26 heavy (non-hydrogen) atoms. The maximum atomic E-state index is 12.3. The summed E-state index contributed by atoms with van der Waals surface area (Å²) in [5.74, 6) is 1.77. The van der Waals surface area contributed by atoms with Gasteiger partial charge in [0.25, 0.3) is 0 Å². The number of aromatic nitrogens is 3. The molecule has 0 saturated carbocycles. The number of carbonyl (C=O) groups is 1. The van der Waals surface area contributed by atoms with Crippen molar-refractivity contribution in [3.8, 4) is 11.4 Å². The zero-order valence-corrected chi connectivity index (χ0v) is 15.6. The highest BCUT2D eigenvalue weighted by Gasteiger charge is 2.16. The number of fused-ring (bicyclic) bond motifs is 1. The fourth-order valence-corrected chi connectivity index (χ4v) is 3.98. The number of aryl methyl sites for hydroxylation is 3. The monoisotopic (exact) mass is 368 g/mol. The van der Waals surface area contributed by atoms with E-state index in [1.54, 1.807) is 6.26 Å². The lowest BCUT2D eigenvalue weighted by Crippen LogP contribution is -2.14. The first kappa shape index (κ1) is 16.9. The molecule has 0 fully saturated rings. The van der Waals surface area contributed by atoms with Gasteiger partial charge in [0.15, 0.2) is 11.0 Å². The molecule has 2 aromatic heterocycles. The van der Waals surface area contributed by atoms with Gasteiger partial charge in [-0.05, 0) is 55.5 Å². The van der Waals surface area contributed by atoms with Crippen LogP contribution >= 0.6 is 11.8 Å². The molecule has 0 saturated heterocycles. The maximum absolute atomic E-state index is 12.3. The van der Waals surface area contributed by atoms with Crippen molar-refractivity contribution in [2.45, 2.75) is 31.3 Å². The Balaban J connectivity index is 1.39. The van der Waals surface area contributed by atoms with Gasteiger partial charge in [-0.1, -0.05) is 17.8 Å². The summed E-state index contributed by atoms with van der Waals surface area (Å²) in [6, 6.07) is 8.06. The number of hydrogen-bond donors (Lipinski definition) is 1. The number of hydrogen-bond acceptors (Lipinski definition) is 5. The van der Waals surface area contributed by atoms with E-state index in [9.17, 15) is 4.79 Å². The molecule has 0 radical (unpaired) electrons. The summed E-state index contributed by atoms with van der Waals surface area (Å²) in [6.07, 6.45) is 5.08. The van der Waals surface area contributed by atoms with Crippen molar-refractivity contribution in [1.82, 2.24) is 14.8 Å². The van der Waals surface area contributed by atoms with Crippen LogP contribution in [0.2, 0.25) is 0 Å². The fourth-order valence-electron chi connectivity index (χ4n) is 3.27. The van der Waals surface area contributed by atoms with Crippen LogP contribution in [0.1, 0.15) is 23.3 Å². The summed E-state index contributed by atoms with van der Waals surface area (Å²) in [6.45, 7) is 1.89. The summed E-state index contributed by atoms with van der Waals surface area (Å²) in [5, 5.41) is 12.1. The third-order valence-corrected chi connectivity index (χ3v) is 5.67. The molecule has 0 aliphatic heterocycles. The molecule has 134 valence electrons. The summed E-state index contributed by atoms with van der Waals surface area (Å²) >= 11 is 1.37. The van der Waals surface area contributed by atoms with Gasteiger partial charge in [0.05, 0.1) is 17.6 Å². The minimum Gasteiger partial charge on any atom is -0.469 e. The topological polar surface area (TPSA) is 72.9 Å². The number of carbonyl (C=O) groups excluding carboxylic acids is 1.